The predicted molar refractivity (Wildman–Crippen MR) is 60.0 cm³/mol. The Hall–Kier alpha value is -1.02. The van der Waals surface area contributed by atoms with Gasteiger partial charge in [0, 0.05) is 6.54 Å². The Kier molecular flexibility index (Phi) is 1.99. The average Bonchev–Trinajstić information content (AvgIpc) is 2.94. The second-order valence-corrected chi connectivity index (χ2v) is 4.96. The molecule has 1 saturated carbocycles. The Morgan fingerprint density at radius 3 is 2.93 bits per heavy atom. The first kappa shape index (κ1) is 9.22. The van der Waals surface area contributed by atoms with E-state index in [1.165, 1.54) is 19.3 Å². The molecule has 2 fully saturated rings. The molecule has 15 heavy (non-hydrogen) atoms. The third-order valence-electron chi connectivity index (χ3n) is 4.01. The number of hydrogen-bond donors (Lipinski definition) is 2. The van der Waals surface area contributed by atoms with E-state index in [-0.39, 0.29) is 0 Å². The summed E-state index contributed by atoms with van der Waals surface area (Å²) in [6.45, 7) is 2.29. The molecule has 80 valence electrons. The molecule has 0 radical (unpaired) electrons. The maximum absolute atomic E-state index is 9.81. The molecule has 2 aliphatic rings. The van der Waals surface area contributed by atoms with Gasteiger partial charge < -0.3 is 10.4 Å². The summed E-state index contributed by atoms with van der Waals surface area (Å²) in [4.78, 5) is 0. The third kappa shape index (κ3) is 1.44. The van der Waals surface area contributed by atoms with Crippen LogP contribution < -0.4 is 5.32 Å². The number of rotatable bonds is 1. The molecule has 0 amide bonds. The van der Waals surface area contributed by atoms with Gasteiger partial charge in [0.2, 0.25) is 0 Å². The highest BCUT2D eigenvalue weighted by molar-refractivity contribution is 5.41. The monoisotopic (exact) mass is 203 g/mol. The lowest BCUT2D eigenvalue weighted by atomic mass is 9.91. The van der Waals surface area contributed by atoms with E-state index >= 15 is 0 Å². The standard InChI is InChI=1S/C13H17NO/c15-12-5-2-1-4-10(12)11-8-13(11)6-3-7-14-9-13/h1-2,4-5,11,14-15H,3,6-9H2. The van der Waals surface area contributed by atoms with Gasteiger partial charge >= 0.3 is 0 Å². The van der Waals surface area contributed by atoms with Crippen molar-refractivity contribution in [2.24, 2.45) is 5.41 Å². The summed E-state index contributed by atoms with van der Waals surface area (Å²) in [6.07, 6.45) is 3.85. The maximum atomic E-state index is 9.81. The van der Waals surface area contributed by atoms with Gasteiger partial charge in [0.15, 0.2) is 0 Å². The number of piperidine rings is 1. The molecule has 2 N–H and O–H groups in total. The van der Waals surface area contributed by atoms with Crippen molar-refractivity contribution >= 4 is 0 Å². The average molecular weight is 203 g/mol. The molecule has 2 nitrogen and oxygen atoms in total. The van der Waals surface area contributed by atoms with Crippen molar-refractivity contribution in [3.63, 3.8) is 0 Å². The molecule has 2 unspecified atom stereocenters. The summed E-state index contributed by atoms with van der Waals surface area (Å²) in [5, 5.41) is 13.3. The van der Waals surface area contributed by atoms with E-state index in [0.717, 1.165) is 18.7 Å². The van der Waals surface area contributed by atoms with E-state index in [1.54, 1.807) is 6.07 Å². The lowest BCUT2D eigenvalue weighted by Crippen LogP contribution is -2.31. The van der Waals surface area contributed by atoms with Crippen molar-refractivity contribution in [2.45, 2.75) is 25.2 Å². The van der Waals surface area contributed by atoms with Crippen LogP contribution in [0.2, 0.25) is 0 Å². The number of nitrogens with one attached hydrogen (secondary N) is 1. The molecule has 2 heteroatoms. The lowest BCUT2D eigenvalue weighted by molar-refractivity contribution is 0.344. The van der Waals surface area contributed by atoms with Gasteiger partial charge in [-0.3, -0.25) is 0 Å². The number of para-hydroxylation sites is 1. The minimum absolute atomic E-state index is 0.469. The minimum atomic E-state index is 0.469. The highest BCUT2D eigenvalue weighted by atomic mass is 16.3. The maximum Gasteiger partial charge on any atom is 0.119 e. The second kappa shape index (κ2) is 3.24. The molecule has 0 aromatic heterocycles. The van der Waals surface area contributed by atoms with Gasteiger partial charge in [0.25, 0.3) is 0 Å². The van der Waals surface area contributed by atoms with Gasteiger partial charge in [-0.05, 0) is 48.8 Å². The molecular formula is C13H17NO. The van der Waals surface area contributed by atoms with Gasteiger partial charge in [-0.2, -0.15) is 0 Å². The van der Waals surface area contributed by atoms with Crippen molar-refractivity contribution < 1.29 is 5.11 Å². The van der Waals surface area contributed by atoms with Crippen LogP contribution in [0.1, 0.15) is 30.7 Å². The molecule has 1 aliphatic carbocycles. The van der Waals surface area contributed by atoms with E-state index in [4.69, 9.17) is 0 Å². The third-order valence-corrected chi connectivity index (χ3v) is 4.01. The normalized spacial score (nSPS) is 34.3. The predicted octanol–water partition coefficient (Wildman–Crippen LogP) is 2.25. The van der Waals surface area contributed by atoms with E-state index in [2.05, 4.69) is 11.4 Å². The fourth-order valence-corrected chi connectivity index (χ4v) is 3.03. The van der Waals surface area contributed by atoms with Gasteiger partial charge in [-0.1, -0.05) is 18.2 Å². The smallest absolute Gasteiger partial charge is 0.119 e. The number of aromatic hydroxyl groups is 1. The quantitative estimate of drug-likeness (QED) is 0.733. The van der Waals surface area contributed by atoms with E-state index in [0.29, 0.717) is 17.1 Å². The van der Waals surface area contributed by atoms with Crippen molar-refractivity contribution in [1.29, 1.82) is 0 Å². The summed E-state index contributed by atoms with van der Waals surface area (Å²) in [7, 11) is 0. The molecule has 1 aromatic carbocycles. The molecule has 0 bridgehead atoms. The van der Waals surface area contributed by atoms with E-state index < -0.39 is 0 Å². The molecule has 2 atom stereocenters. The summed E-state index contributed by atoms with van der Waals surface area (Å²) in [5.74, 6) is 1.07. The summed E-state index contributed by atoms with van der Waals surface area (Å²) >= 11 is 0. The number of phenolic OH excluding ortho intramolecular Hbond substituents is 1. The van der Waals surface area contributed by atoms with Crippen LogP contribution in [0.5, 0.6) is 5.75 Å². The fourth-order valence-electron chi connectivity index (χ4n) is 3.03. The Labute approximate surface area is 90.3 Å². The van der Waals surface area contributed by atoms with Crippen molar-refractivity contribution in [2.75, 3.05) is 13.1 Å². The fraction of sp³-hybridized carbons (Fsp3) is 0.538. The number of hydrogen-bond acceptors (Lipinski definition) is 2. The zero-order valence-corrected chi connectivity index (χ0v) is 8.87. The zero-order chi connectivity index (χ0) is 10.3. The first-order valence-electron chi connectivity index (χ1n) is 5.80. The van der Waals surface area contributed by atoms with Gasteiger partial charge in [0.1, 0.15) is 5.75 Å². The highest BCUT2D eigenvalue weighted by Gasteiger charge is 2.55. The van der Waals surface area contributed by atoms with Crippen LogP contribution in [0.15, 0.2) is 24.3 Å². The zero-order valence-electron chi connectivity index (χ0n) is 8.87. The van der Waals surface area contributed by atoms with Crippen LogP contribution in [0.4, 0.5) is 0 Å². The second-order valence-electron chi connectivity index (χ2n) is 4.96. The van der Waals surface area contributed by atoms with Crippen LogP contribution >= 0.6 is 0 Å². The lowest BCUT2D eigenvalue weighted by Gasteiger charge is -2.23. The van der Waals surface area contributed by atoms with E-state index in [1.807, 2.05) is 12.1 Å². The van der Waals surface area contributed by atoms with Crippen LogP contribution in [-0.2, 0) is 0 Å². The first-order valence-corrected chi connectivity index (χ1v) is 5.80. The topological polar surface area (TPSA) is 32.3 Å². The molecule has 1 aromatic rings. The Morgan fingerprint density at radius 1 is 1.33 bits per heavy atom. The van der Waals surface area contributed by atoms with Crippen LogP contribution in [0.3, 0.4) is 0 Å². The van der Waals surface area contributed by atoms with Crippen LogP contribution in [0, 0.1) is 5.41 Å². The Balaban J connectivity index is 1.84. The van der Waals surface area contributed by atoms with Crippen molar-refractivity contribution in [3.8, 4) is 5.75 Å². The molecule has 1 aliphatic heterocycles. The number of phenols is 1. The highest BCUT2D eigenvalue weighted by Crippen LogP contribution is 2.63. The van der Waals surface area contributed by atoms with Crippen molar-refractivity contribution in [3.05, 3.63) is 29.8 Å². The molecule has 1 heterocycles. The first-order chi connectivity index (χ1) is 7.32. The Morgan fingerprint density at radius 2 is 2.20 bits per heavy atom. The van der Waals surface area contributed by atoms with Gasteiger partial charge in [-0.15, -0.1) is 0 Å². The van der Waals surface area contributed by atoms with Crippen LogP contribution in [-0.4, -0.2) is 18.2 Å². The molecule has 3 rings (SSSR count). The number of benzene rings is 1. The largest absolute Gasteiger partial charge is 0.508 e. The molecule has 1 saturated heterocycles. The summed E-state index contributed by atoms with van der Waals surface area (Å²) in [5.41, 5.74) is 1.62. The summed E-state index contributed by atoms with van der Waals surface area (Å²) < 4.78 is 0. The van der Waals surface area contributed by atoms with E-state index in [9.17, 15) is 5.11 Å². The van der Waals surface area contributed by atoms with Crippen LogP contribution in [0.25, 0.3) is 0 Å². The Bertz CT molecular complexity index is 369. The molecule has 1 spiro atoms. The minimum Gasteiger partial charge on any atom is -0.508 e. The van der Waals surface area contributed by atoms with Gasteiger partial charge in [-0.25, -0.2) is 0 Å². The SMILES string of the molecule is Oc1ccccc1C1CC12CCCNC2. The van der Waals surface area contributed by atoms with Crippen molar-refractivity contribution in [1.82, 2.24) is 5.32 Å². The summed E-state index contributed by atoms with van der Waals surface area (Å²) in [6, 6.07) is 7.80. The molecular weight excluding hydrogens is 186 g/mol. The van der Waals surface area contributed by atoms with Gasteiger partial charge in [0.05, 0.1) is 0 Å².